The van der Waals surface area contributed by atoms with Crippen LogP contribution in [0.2, 0.25) is 0 Å². The van der Waals surface area contributed by atoms with Gasteiger partial charge in [0.2, 0.25) is 11.8 Å². The van der Waals surface area contributed by atoms with Crippen molar-refractivity contribution in [1.82, 2.24) is 15.0 Å². The molecule has 1 saturated carbocycles. The fourth-order valence-corrected chi connectivity index (χ4v) is 2.90. The van der Waals surface area contributed by atoms with Gasteiger partial charge in [-0.25, -0.2) is 4.79 Å². The molecule has 1 aromatic rings. The number of carboxylic acid groups (broad SMARTS) is 1. The second-order valence-electron chi connectivity index (χ2n) is 6.11. The summed E-state index contributed by atoms with van der Waals surface area (Å²) in [5, 5.41) is 13.1. The monoisotopic (exact) mass is 307 g/mol. The van der Waals surface area contributed by atoms with Gasteiger partial charge in [-0.15, -0.1) is 0 Å². The van der Waals surface area contributed by atoms with E-state index in [-0.39, 0.29) is 5.91 Å². The minimum absolute atomic E-state index is 0.0889. The summed E-state index contributed by atoms with van der Waals surface area (Å²) in [5.41, 5.74) is 0. The summed E-state index contributed by atoms with van der Waals surface area (Å²) in [4.78, 5) is 29.3. The lowest BCUT2D eigenvalue weighted by molar-refractivity contribution is -0.152. The third kappa shape index (κ3) is 3.45. The maximum atomic E-state index is 12.2. The van der Waals surface area contributed by atoms with Crippen molar-refractivity contribution < 1.29 is 19.2 Å². The fraction of sp³-hybridized carbons (Fsp3) is 0.733. The highest BCUT2D eigenvalue weighted by atomic mass is 16.5. The molecule has 2 heterocycles. The van der Waals surface area contributed by atoms with E-state index in [1.165, 1.54) is 4.90 Å². The van der Waals surface area contributed by atoms with Crippen LogP contribution in [0.25, 0.3) is 0 Å². The number of nitrogens with zero attached hydrogens (tertiary/aromatic N) is 3. The van der Waals surface area contributed by atoms with Gasteiger partial charge in [0, 0.05) is 25.3 Å². The smallest absolute Gasteiger partial charge is 0.326 e. The molecule has 1 amide bonds. The number of piperidine rings is 1. The standard InChI is InChI=1S/C15H21N3O4/c19-13(18-9-2-1-4-11(18)15(20)21)6-3-5-12-16-14(17-22-12)10-7-8-10/h10-11H,1-9H2,(H,20,21). The maximum absolute atomic E-state index is 12.2. The molecule has 0 bridgehead atoms. The average molecular weight is 307 g/mol. The van der Waals surface area contributed by atoms with E-state index in [1.807, 2.05) is 0 Å². The van der Waals surface area contributed by atoms with Crippen LogP contribution in [-0.2, 0) is 16.0 Å². The number of hydrogen-bond donors (Lipinski definition) is 1. The lowest BCUT2D eigenvalue weighted by Crippen LogP contribution is -2.47. The van der Waals surface area contributed by atoms with Gasteiger partial charge in [0.05, 0.1) is 0 Å². The summed E-state index contributed by atoms with van der Waals surface area (Å²) < 4.78 is 5.17. The molecule has 7 nitrogen and oxygen atoms in total. The number of carbonyl (C=O) groups is 2. The third-order valence-electron chi connectivity index (χ3n) is 4.32. The summed E-state index contributed by atoms with van der Waals surface area (Å²) in [5.74, 6) is 0.822. The first kappa shape index (κ1) is 15.0. The largest absolute Gasteiger partial charge is 0.480 e. The molecule has 0 radical (unpaired) electrons. The molecule has 1 saturated heterocycles. The SMILES string of the molecule is O=C(O)C1CCCCN1C(=O)CCCc1nc(C2CC2)no1. The highest BCUT2D eigenvalue weighted by Crippen LogP contribution is 2.38. The van der Waals surface area contributed by atoms with Gasteiger partial charge >= 0.3 is 5.97 Å². The van der Waals surface area contributed by atoms with Crippen LogP contribution >= 0.6 is 0 Å². The summed E-state index contributed by atoms with van der Waals surface area (Å²) in [6.07, 6.45) is 6.05. The number of aromatic nitrogens is 2. The molecule has 2 fully saturated rings. The zero-order valence-corrected chi connectivity index (χ0v) is 12.5. The summed E-state index contributed by atoms with van der Waals surface area (Å²) in [7, 11) is 0. The Bertz CT molecular complexity index is 553. The molecule has 120 valence electrons. The molecule has 22 heavy (non-hydrogen) atoms. The molecule has 1 unspecified atom stereocenters. The van der Waals surface area contributed by atoms with Crippen molar-refractivity contribution >= 4 is 11.9 Å². The van der Waals surface area contributed by atoms with E-state index in [0.29, 0.717) is 44.0 Å². The van der Waals surface area contributed by atoms with E-state index in [1.54, 1.807) is 0 Å². The van der Waals surface area contributed by atoms with Gasteiger partial charge in [-0.3, -0.25) is 4.79 Å². The number of aliphatic carboxylic acids is 1. The number of hydrogen-bond acceptors (Lipinski definition) is 5. The minimum Gasteiger partial charge on any atom is -0.480 e. The number of likely N-dealkylation sites (tertiary alicyclic amines) is 1. The maximum Gasteiger partial charge on any atom is 0.326 e. The van der Waals surface area contributed by atoms with Crippen molar-refractivity contribution in [2.75, 3.05) is 6.54 Å². The van der Waals surface area contributed by atoms with Crippen LogP contribution in [0.15, 0.2) is 4.52 Å². The van der Waals surface area contributed by atoms with Crippen LogP contribution in [0.3, 0.4) is 0 Å². The third-order valence-corrected chi connectivity index (χ3v) is 4.32. The molecular formula is C15H21N3O4. The normalized spacial score (nSPS) is 21.8. The van der Waals surface area contributed by atoms with Crippen molar-refractivity contribution in [1.29, 1.82) is 0 Å². The molecular weight excluding hydrogens is 286 g/mol. The Morgan fingerprint density at radius 2 is 2.09 bits per heavy atom. The predicted molar refractivity (Wildman–Crippen MR) is 76.2 cm³/mol. The van der Waals surface area contributed by atoms with E-state index in [9.17, 15) is 14.7 Å². The van der Waals surface area contributed by atoms with Crippen LogP contribution < -0.4 is 0 Å². The lowest BCUT2D eigenvalue weighted by Gasteiger charge is -2.33. The summed E-state index contributed by atoms with van der Waals surface area (Å²) in [6.45, 7) is 0.544. The van der Waals surface area contributed by atoms with Gasteiger partial charge in [0.25, 0.3) is 0 Å². The van der Waals surface area contributed by atoms with E-state index < -0.39 is 12.0 Å². The second-order valence-corrected chi connectivity index (χ2v) is 6.11. The molecule has 1 N–H and O–H groups in total. The Morgan fingerprint density at radius 1 is 1.27 bits per heavy atom. The van der Waals surface area contributed by atoms with Crippen molar-refractivity contribution in [3.05, 3.63) is 11.7 Å². The quantitative estimate of drug-likeness (QED) is 0.859. The van der Waals surface area contributed by atoms with Crippen LogP contribution in [0.1, 0.15) is 62.6 Å². The second kappa shape index (κ2) is 6.46. The Balaban J connectivity index is 1.47. The molecule has 3 rings (SSSR count). The Morgan fingerprint density at radius 3 is 2.82 bits per heavy atom. The van der Waals surface area contributed by atoms with E-state index in [0.717, 1.165) is 31.5 Å². The molecule has 2 aliphatic rings. The Hall–Kier alpha value is -1.92. The minimum atomic E-state index is -0.904. The van der Waals surface area contributed by atoms with Crippen LogP contribution in [-0.4, -0.2) is 44.6 Å². The van der Waals surface area contributed by atoms with E-state index in [4.69, 9.17) is 4.52 Å². The van der Waals surface area contributed by atoms with Crippen molar-refractivity contribution in [3.8, 4) is 0 Å². The van der Waals surface area contributed by atoms with E-state index >= 15 is 0 Å². The van der Waals surface area contributed by atoms with Crippen LogP contribution in [0.4, 0.5) is 0 Å². The van der Waals surface area contributed by atoms with Gasteiger partial charge < -0.3 is 14.5 Å². The topological polar surface area (TPSA) is 96.5 Å². The van der Waals surface area contributed by atoms with Gasteiger partial charge in [-0.2, -0.15) is 4.98 Å². The van der Waals surface area contributed by atoms with Gasteiger partial charge in [0.1, 0.15) is 6.04 Å². The van der Waals surface area contributed by atoms with E-state index in [2.05, 4.69) is 10.1 Å². The number of amides is 1. The van der Waals surface area contributed by atoms with Gasteiger partial charge in [0.15, 0.2) is 5.82 Å². The highest BCUT2D eigenvalue weighted by molar-refractivity contribution is 5.83. The first-order chi connectivity index (χ1) is 10.6. The first-order valence-electron chi connectivity index (χ1n) is 8.00. The number of carbonyl (C=O) groups excluding carboxylic acids is 1. The lowest BCUT2D eigenvalue weighted by atomic mass is 10.0. The van der Waals surface area contributed by atoms with Crippen LogP contribution in [0.5, 0.6) is 0 Å². The highest BCUT2D eigenvalue weighted by Gasteiger charge is 2.31. The van der Waals surface area contributed by atoms with Crippen molar-refractivity contribution in [2.45, 2.75) is 63.3 Å². The molecule has 1 atom stereocenters. The summed E-state index contributed by atoms with van der Waals surface area (Å²) >= 11 is 0. The number of carboxylic acids is 1. The zero-order chi connectivity index (χ0) is 15.5. The number of aryl methyl sites for hydroxylation is 1. The predicted octanol–water partition coefficient (Wildman–Crippen LogP) is 1.74. The van der Waals surface area contributed by atoms with Crippen molar-refractivity contribution in [3.63, 3.8) is 0 Å². The number of rotatable bonds is 6. The fourth-order valence-electron chi connectivity index (χ4n) is 2.90. The summed E-state index contributed by atoms with van der Waals surface area (Å²) in [6, 6.07) is -0.661. The first-order valence-corrected chi connectivity index (χ1v) is 8.00. The Kier molecular flexibility index (Phi) is 4.40. The average Bonchev–Trinajstić information content (AvgIpc) is 3.27. The molecule has 0 aromatic carbocycles. The molecule has 7 heteroatoms. The molecule has 1 aromatic heterocycles. The molecule has 1 aliphatic heterocycles. The van der Waals surface area contributed by atoms with Gasteiger partial charge in [-0.05, 0) is 38.5 Å². The van der Waals surface area contributed by atoms with Crippen LogP contribution in [0, 0.1) is 0 Å². The van der Waals surface area contributed by atoms with Crippen molar-refractivity contribution in [2.24, 2.45) is 0 Å². The molecule has 0 spiro atoms. The molecule has 1 aliphatic carbocycles. The zero-order valence-electron chi connectivity index (χ0n) is 12.5. The van der Waals surface area contributed by atoms with Gasteiger partial charge in [-0.1, -0.05) is 5.16 Å². The Labute approximate surface area is 128 Å².